The van der Waals surface area contributed by atoms with Gasteiger partial charge in [-0.25, -0.2) is 5.02 Å². The maximum absolute atomic E-state index is 9.78. The molecule has 4 heavy (non-hydrogen) atoms. The second-order valence-corrected chi connectivity index (χ2v) is 0.261. The van der Waals surface area contributed by atoms with Crippen molar-refractivity contribution < 1.29 is 13.7 Å². The summed E-state index contributed by atoms with van der Waals surface area (Å²) in [6.07, 6.45) is 0. The Labute approximate surface area is 22.5 Å². The van der Waals surface area contributed by atoms with E-state index in [1.807, 2.05) is 0 Å². The van der Waals surface area contributed by atoms with Crippen LogP contribution in [0.1, 0.15) is 0 Å². The molecule has 0 fully saturated rings. The first-order chi connectivity index (χ1) is 1.73. The summed E-state index contributed by atoms with van der Waals surface area (Å²) >= 11 is 0. The van der Waals surface area contributed by atoms with Gasteiger partial charge in [0.05, 0.1) is 0 Å². The van der Waals surface area contributed by atoms with Crippen LogP contribution in [0.4, 0.5) is 8.63 Å². The topological polar surface area (TPSA) is 19.9 Å². The van der Waals surface area contributed by atoms with E-state index in [4.69, 9.17) is 5.02 Å². The second kappa shape index (κ2) is 1.23. The highest BCUT2D eigenvalue weighted by atomic mass is 19.2. The Morgan fingerprint density at radius 1 is 1.50 bits per heavy atom. The Bertz CT molecular complexity index is 10.8. The summed E-state index contributed by atoms with van der Waals surface area (Å²) in [4.78, 5) is 0. The molecule has 0 aromatic carbocycles. The van der Waals surface area contributed by atoms with E-state index < -0.39 is 7.47 Å². The van der Waals surface area contributed by atoms with E-state index in [1.54, 1.807) is 0 Å². The number of hydrogen-bond acceptors (Lipinski definition) is 0. The smallest absolute Gasteiger partial charge is 0.256 e. The molecule has 0 heterocycles. The highest BCUT2D eigenvalue weighted by molar-refractivity contribution is 6.32. The Morgan fingerprint density at radius 2 is 1.50 bits per heavy atom. The van der Waals surface area contributed by atoms with Crippen molar-refractivity contribution in [1.29, 1.82) is 0 Å². The van der Waals surface area contributed by atoms with Gasteiger partial charge in [0.2, 0.25) is 0 Å². The summed E-state index contributed by atoms with van der Waals surface area (Å²) in [5.74, 6) is 0. The van der Waals surface area contributed by atoms with Crippen molar-refractivity contribution in [1.82, 2.24) is 0 Å². The predicted octanol–water partition coefficient (Wildman–Crippen LogP) is 0.341. The van der Waals surface area contributed by atoms with Gasteiger partial charge in [-0.05, 0) is 0 Å². The van der Waals surface area contributed by atoms with E-state index in [2.05, 4.69) is 0 Å². The molecule has 0 aromatic rings. The summed E-state index contributed by atoms with van der Waals surface area (Å²) < 4.78 is 19.6. The average molecular weight is 64.8 g/mol. The molecule has 0 spiro atoms. The fraction of sp³-hybridized carbons (Fsp3) is 0. The minimum absolute atomic E-state index is 3.42. The summed E-state index contributed by atoms with van der Waals surface area (Å²) in [7, 11) is -3.42. The lowest BCUT2D eigenvalue weighted by atomic mass is 10.4. The maximum Gasteiger partial charge on any atom is 0.748 e. The van der Waals surface area contributed by atoms with Gasteiger partial charge < -0.3 is 0 Å². The van der Waals surface area contributed by atoms with Crippen LogP contribution >= 0.6 is 0 Å². The van der Waals surface area contributed by atoms with Crippen LogP contribution in [0.15, 0.2) is 0 Å². The molecule has 0 bridgehead atoms. The zero-order valence-electron chi connectivity index (χ0n) is 1.74. The normalized spacial score (nSPS) is 6.75. The minimum atomic E-state index is -3.42. The van der Waals surface area contributed by atoms with Crippen molar-refractivity contribution >= 4 is 7.47 Å². The van der Waals surface area contributed by atoms with Crippen LogP contribution in [0.25, 0.3) is 0 Å². The van der Waals surface area contributed by atoms with E-state index >= 15 is 0 Å². The van der Waals surface area contributed by atoms with Gasteiger partial charge >= 0.3 is 7.47 Å². The molecule has 0 N–H and O–H groups in total. The molecule has 0 saturated carbocycles. The van der Waals surface area contributed by atoms with Crippen LogP contribution in [-0.2, 0) is 5.02 Å². The number of hydrogen-bond donors (Lipinski definition) is 0. The van der Waals surface area contributed by atoms with E-state index in [9.17, 15) is 8.63 Å². The highest BCUT2D eigenvalue weighted by Crippen LogP contribution is 1.71. The lowest BCUT2D eigenvalue weighted by molar-refractivity contribution is 0.335. The Hall–Kier alpha value is -0.115. The van der Waals surface area contributed by atoms with E-state index in [0.717, 1.165) is 0 Å². The largest absolute Gasteiger partial charge is 0.748 e. The van der Waals surface area contributed by atoms with Gasteiger partial charge in [-0.2, -0.15) is 0 Å². The Morgan fingerprint density at radius 3 is 1.50 bits per heavy atom. The van der Waals surface area contributed by atoms with Crippen LogP contribution in [0.2, 0.25) is 0 Å². The average Bonchev–Trinajstić information content (AvgIpc) is 0.811. The summed E-state index contributed by atoms with van der Waals surface area (Å²) in [6, 6.07) is 0. The Kier molecular flexibility index (Phi) is 1.20. The number of halogens is 2. The predicted molar refractivity (Wildman–Crippen MR) is 8.66 cm³/mol. The van der Waals surface area contributed by atoms with Crippen molar-refractivity contribution in [2.45, 2.75) is 0 Å². The van der Waals surface area contributed by atoms with Crippen LogP contribution in [0.3, 0.4) is 0 Å². The maximum atomic E-state index is 9.78. The first kappa shape index (κ1) is 3.88. The molecular formula is BF2O. The molecule has 0 atom stereocenters. The molecule has 0 amide bonds. The van der Waals surface area contributed by atoms with Gasteiger partial charge in [0.15, 0.2) is 0 Å². The lowest BCUT2D eigenvalue weighted by Gasteiger charge is -1.55. The monoisotopic (exact) mass is 65.0 g/mol. The van der Waals surface area contributed by atoms with Crippen molar-refractivity contribution in [2.24, 2.45) is 0 Å². The number of rotatable bonds is 0. The molecule has 0 aliphatic rings. The molecule has 0 aromatic heterocycles. The fourth-order valence-corrected chi connectivity index (χ4v) is 0. The van der Waals surface area contributed by atoms with Crippen molar-refractivity contribution in [3.8, 4) is 0 Å². The summed E-state index contributed by atoms with van der Waals surface area (Å²) in [5.41, 5.74) is 0. The van der Waals surface area contributed by atoms with E-state index in [-0.39, 0.29) is 0 Å². The molecule has 0 aliphatic carbocycles. The summed E-state index contributed by atoms with van der Waals surface area (Å²) in [5, 5.41) is 8.19. The fourth-order valence-electron chi connectivity index (χ4n) is 0. The van der Waals surface area contributed by atoms with Crippen LogP contribution in [0.5, 0.6) is 0 Å². The first-order valence-corrected chi connectivity index (χ1v) is 0.672. The molecule has 1 radical (unpaired) electrons. The van der Waals surface area contributed by atoms with Crippen LogP contribution in [-0.4, -0.2) is 7.47 Å². The molecule has 4 heteroatoms. The highest BCUT2D eigenvalue weighted by Gasteiger charge is 2.05. The van der Waals surface area contributed by atoms with Crippen molar-refractivity contribution in [3.63, 3.8) is 0 Å². The van der Waals surface area contributed by atoms with Crippen molar-refractivity contribution in [2.75, 3.05) is 0 Å². The van der Waals surface area contributed by atoms with Gasteiger partial charge in [-0.15, -0.1) is 0 Å². The molecular weight excluding hydrogens is 64.8 g/mol. The molecule has 0 aliphatic heterocycles. The van der Waals surface area contributed by atoms with E-state index in [0.29, 0.717) is 0 Å². The molecule has 1 nitrogen and oxygen atoms in total. The zero-order valence-corrected chi connectivity index (χ0v) is 1.74. The van der Waals surface area contributed by atoms with Crippen molar-refractivity contribution in [3.05, 3.63) is 0 Å². The third-order valence-electron chi connectivity index (χ3n) is 0. The van der Waals surface area contributed by atoms with Gasteiger partial charge in [0.25, 0.3) is 0 Å². The van der Waals surface area contributed by atoms with Crippen LogP contribution in [0, 0.1) is 0 Å². The molecule has 0 rings (SSSR count). The molecule has 0 unspecified atom stereocenters. The Balaban J connectivity index is 2.32. The van der Waals surface area contributed by atoms with Gasteiger partial charge in [-0.3, -0.25) is 8.63 Å². The molecule has 23 valence electrons. The third-order valence-corrected chi connectivity index (χ3v) is 0. The lowest BCUT2D eigenvalue weighted by Crippen LogP contribution is -1.84. The SMILES string of the molecule is [O]B(F)F. The van der Waals surface area contributed by atoms with Crippen LogP contribution < -0.4 is 0 Å². The van der Waals surface area contributed by atoms with Gasteiger partial charge in [0, 0.05) is 0 Å². The quantitative estimate of drug-likeness (QED) is 0.362. The van der Waals surface area contributed by atoms with E-state index in [1.165, 1.54) is 0 Å². The van der Waals surface area contributed by atoms with Gasteiger partial charge in [-0.1, -0.05) is 0 Å². The third kappa shape index (κ3) is 111. The second-order valence-electron chi connectivity index (χ2n) is 0.261. The standard InChI is InChI=1S/BF2O/c2-1(3)4. The van der Waals surface area contributed by atoms with Gasteiger partial charge in [0.1, 0.15) is 0 Å². The zero-order chi connectivity index (χ0) is 3.58. The molecule has 0 saturated heterocycles. The summed E-state index contributed by atoms with van der Waals surface area (Å²) in [6.45, 7) is 0. The minimum Gasteiger partial charge on any atom is -0.256 e. The first-order valence-electron chi connectivity index (χ1n) is 0.672.